The molecular formula is C16H18N2O2. The van der Waals surface area contributed by atoms with E-state index in [-0.39, 0.29) is 0 Å². The standard InChI is InChI=1S/C16H18N2O2/c1-2-10-8-18(6-1)7-5-11-14-12(17-15(10)11)3-4-13-16(14)20-9-19-13/h3-4,10,17H,1-2,5-9H2. The molecule has 1 aromatic carbocycles. The first-order chi connectivity index (χ1) is 9.90. The summed E-state index contributed by atoms with van der Waals surface area (Å²) in [6, 6.07) is 4.16. The zero-order valence-electron chi connectivity index (χ0n) is 11.4. The number of nitrogens with one attached hydrogen (secondary N) is 1. The molecule has 4 heterocycles. The maximum absolute atomic E-state index is 5.73. The highest BCUT2D eigenvalue weighted by Gasteiger charge is 2.31. The molecule has 2 aromatic rings. The first kappa shape index (κ1) is 11.0. The lowest BCUT2D eigenvalue weighted by molar-refractivity contribution is 0.175. The van der Waals surface area contributed by atoms with Crippen molar-refractivity contribution in [2.75, 3.05) is 26.4 Å². The molecule has 4 nitrogen and oxygen atoms in total. The van der Waals surface area contributed by atoms with Gasteiger partial charge in [-0.15, -0.1) is 0 Å². The van der Waals surface area contributed by atoms with Gasteiger partial charge < -0.3 is 19.4 Å². The van der Waals surface area contributed by atoms with E-state index in [1.54, 1.807) is 0 Å². The van der Waals surface area contributed by atoms with Crippen molar-refractivity contribution in [1.29, 1.82) is 0 Å². The third kappa shape index (κ3) is 1.40. The molecular weight excluding hydrogens is 252 g/mol. The van der Waals surface area contributed by atoms with Crippen LogP contribution >= 0.6 is 0 Å². The van der Waals surface area contributed by atoms with E-state index in [1.165, 1.54) is 54.6 Å². The number of piperidine rings is 1. The lowest BCUT2D eigenvalue weighted by atomic mass is 9.93. The van der Waals surface area contributed by atoms with E-state index in [1.807, 2.05) is 6.07 Å². The minimum atomic E-state index is 0.351. The number of benzene rings is 1. The maximum Gasteiger partial charge on any atom is 0.231 e. The van der Waals surface area contributed by atoms with Crippen molar-refractivity contribution in [2.24, 2.45) is 0 Å². The number of aromatic amines is 1. The molecule has 2 unspecified atom stereocenters. The summed E-state index contributed by atoms with van der Waals surface area (Å²) < 4.78 is 11.3. The summed E-state index contributed by atoms with van der Waals surface area (Å²) in [6.45, 7) is 3.99. The van der Waals surface area contributed by atoms with Gasteiger partial charge in [0.1, 0.15) is 0 Å². The number of hydrogen-bond acceptors (Lipinski definition) is 3. The number of aromatic nitrogens is 1. The fraction of sp³-hybridized carbons (Fsp3) is 0.500. The number of ether oxygens (including phenoxy) is 2. The summed E-state index contributed by atoms with van der Waals surface area (Å²) in [5.74, 6) is 2.50. The van der Waals surface area contributed by atoms with Crippen LogP contribution in [0, 0.1) is 0 Å². The van der Waals surface area contributed by atoms with E-state index < -0.39 is 0 Å². The van der Waals surface area contributed by atoms with Crippen LogP contribution in [0.25, 0.3) is 10.9 Å². The first-order valence-corrected chi connectivity index (χ1v) is 7.55. The van der Waals surface area contributed by atoms with E-state index in [0.717, 1.165) is 17.9 Å². The highest BCUT2D eigenvalue weighted by molar-refractivity contribution is 5.93. The Hall–Kier alpha value is -1.68. The quantitative estimate of drug-likeness (QED) is 0.799. The van der Waals surface area contributed by atoms with Gasteiger partial charge >= 0.3 is 0 Å². The molecule has 2 bridgehead atoms. The number of nitrogens with zero attached hydrogens (tertiary/aromatic N) is 1. The van der Waals surface area contributed by atoms with Gasteiger partial charge in [-0.05, 0) is 43.5 Å². The molecule has 2 atom stereocenters. The molecule has 20 heavy (non-hydrogen) atoms. The second kappa shape index (κ2) is 3.92. The highest BCUT2D eigenvalue weighted by atomic mass is 16.7. The Kier molecular flexibility index (Phi) is 2.16. The van der Waals surface area contributed by atoms with Crippen LogP contribution < -0.4 is 9.47 Å². The number of rotatable bonds is 0. The van der Waals surface area contributed by atoms with Gasteiger partial charge in [-0.25, -0.2) is 0 Å². The summed E-state index contributed by atoms with van der Waals surface area (Å²) in [5, 5.41) is 1.27. The molecule has 0 aliphatic carbocycles. The molecule has 0 radical (unpaired) electrons. The molecule has 3 aliphatic rings. The second-order valence-electron chi connectivity index (χ2n) is 6.13. The average Bonchev–Trinajstić information content (AvgIpc) is 3.06. The van der Waals surface area contributed by atoms with Crippen molar-refractivity contribution in [2.45, 2.75) is 25.2 Å². The van der Waals surface area contributed by atoms with Crippen LogP contribution in [0.1, 0.15) is 30.0 Å². The summed E-state index contributed by atoms with van der Waals surface area (Å²) in [5.41, 5.74) is 4.13. The van der Waals surface area contributed by atoms with Gasteiger partial charge in [-0.2, -0.15) is 0 Å². The van der Waals surface area contributed by atoms with Gasteiger partial charge in [0, 0.05) is 35.6 Å². The topological polar surface area (TPSA) is 37.5 Å². The fourth-order valence-corrected chi connectivity index (χ4v) is 4.10. The van der Waals surface area contributed by atoms with Gasteiger partial charge in [0.05, 0.1) is 0 Å². The van der Waals surface area contributed by atoms with E-state index in [9.17, 15) is 0 Å². The SMILES string of the molecule is c1cc2[nH]c3c(c2c2c1OCO2)CCN1CCCC3C1. The van der Waals surface area contributed by atoms with E-state index in [4.69, 9.17) is 9.47 Å². The number of H-pyrrole nitrogens is 1. The normalized spacial score (nSPS) is 27.4. The molecule has 5 rings (SSSR count). The van der Waals surface area contributed by atoms with E-state index >= 15 is 0 Å². The summed E-state index contributed by atoms with van der Waals surface area (Å²) >= 11 is 0. The molecule has 1 aromatic heterocycles. The summed E-state index contributed by atoms with van der Waals surface area (Å²) in [7, 11) is 0. The molecule has 0 amide bonds. The van der Waals surface area contributed by atoms with Crippen LogP contribution in [-0.4, -0.2) is 36.3 Å². The summed E-state index contributed by atoms with van der Waals surface area (Å²) in [4.78, 5) is 6.28. The Morgan fingerprint density at radius 3 is 3.20 bits per heavy atom. The largest absolute Gasteiger partial charge is 0.454 e. The fourth-order valence-electron chi connectivity index (χ4n) is 4.10. The molecule has 3 aliphatic heterocycles. The van der Waals surface area contributed by atoms with Crippen LogP contribution in [0.5, 0.6) is 11.5 Å². The summed E-state index contributed by atoms with van der Waals surface area (Å²) in [6.07, 6.45) is 3.73. The zero-order valence-corrected chi connectivity index (χ0v) is 11.4. The Balaban J connectivity index is 1.76. The molecule has 4 heteroatoms. The molecule has 0 saturated carbocycles. The van der Waals surface area contributed by atoms with Crippen molar-refractivity contribution in [3.8, 4) is 11.5 Å². The maximum atomic E-state index is 5.73. The van der Waals surface area contributed by atoms with E-state index in [0.29, 0.717) is 12.7 Å². The zero-order chi connectivity index (χ0) is 13.1. The Morgan fingerprint density at radius 1 is 1.20 bits per heavy atom. The first-order valence-electron chi connectivity index (χ1n) is 7.55. The minimum Gasteiger partial charge on any atom is -0.454 e. The Bertz CT molecular complexity index is 691. The lowest BCUT2D eigenvalue weighted by Crippen LogP contribution is -2.33. The van der Waals surface area contributed by atoms with Gasteiger partial charge in [0.15, 0.2) is 11.5 Å². The van der Waals surface area contributed by atoms with Gasteiger partial charge in [-0.1, -0.05) is 0 Å². The molecule has 0 spiro atoms. The number of hydrogen-bond donors (Lipinski definition) is 1. The highest BCUT2D eigenvalue weighted by Crippen LogP contribution is 2.44. The average molecular weight is 270 g/mol. The van der Waals surface area contributed by atoms with Crippen LogP contribution in [0.2, 0.25) is 0 Å². The van der Waals surface area contributed by atoms with Crippen molar-refractivity contribution in [3.63, 3.8) is 0 Å². The third-order valence-electron chi connectivity index (χ3n) is 5.03. The predicted molar refractivity (Wildman–Crippen MR) is 76.5 cm³/mol. The van der Waals surface area contributed by atoms with Crippen LogP contribution in [0.15, 0.2) is 12.1 Å². The predicted octanol–water partition coefficient (Wildman–Crippen LogP) is 2.63. The van der Waals surface area contributed by atoms with Crippen molar-refractivity contribution < 1.29 is 9.47 Å². The van der Waals surface area contributed by atoms with Crippen molar-refractivity contribution in [1.82, 2.24) is 9.88 Å². The molecule has 104 valence electrons. The second-order valence-corrected chi connectivity index (χ2v) is 6.13. The van der Waals surface area contributed by atoms with Gasteiger partial charge in [0.25, 0.3) is 0 Å². The van der Waals surface area contributed by atoms with Gasteiger partial charge in [0.2, 0.25) is 6.79 Å². The van der Waals surface area contributed by atoms with Crippen LogP contribution in [0.4, 0.5) is 0 Å². The smallest absolute Gasteiger partial charge is 0.231 e. The molecule has 1 saturated heterocycles. The van der Waals surface area contributed by atoms with E-state index in [2.05, 4.69) is 16.0 Å². The van der Waals surface area contributed by atoms with Crippen molar-refractivity contribution >= 4 is 10.9 Å². The molecule has 1 fully saturated rings. The number of fused-ring (bicyclic) bond motifs is 8. The minimum absolute atomic E-state index is 0.351. The third-order valence-corrected chi connectivity index (χ3v) is 5.03. The van der Waals surface area contributed by atoms with Gasteiger partial charge in [-0.3, -0.25) is 0 Å². The molecule has 1 N–H and O–H groups in total. The van der Waals surface area contributed by atoms with Crippen LogP contribution in [0.3, 0.4) is 0 Å². The van der Waals surface area contributed by atoms with Crippen LogP contribution in [-0.2, 0) is 6.42 Å². The lowest BCUT2D eigenvalue weighted by Gasteiger charge is -2.29. The Morgan fingerprint density at radius 2 is 2.20 bits per heavy atom. The van der Waals surface area contributed by atoms with Crippen molar-refractivity contribution in [3.05, 3.63) is 23.4 Å². The monoisotopic (exact) mass is 270 g/mol. The Labute approximate surface area is 117 Å².